The van der Waals surface area contributed by atoms with Crippen molar-refractivity contribution in [2.45, 2.75) is 43.5 Å². The molecular weight excluding hydrogens is 334 g/mol. The van der Waals surface area contributed by atoms with Gasteiger partial charge in [-0.25, -0.2) is 4.79 Å². The SMILES string of the molecule is C[C@]12CCC[C@H](OC(=O)c3ccc([N+](=O)[O-])cc3)[C@@]1(c1ccccc1)O2. The van der Waals surface area contributed by atoms with E-state index in [2.05, 4.69) is 6.92 Å². The lowest BCUT2D eigenvalue weighted by Crippen LogP contribution is -2.41. The van der Waals surface area contributed by atoms with Gasteiger partial charge in [-0.3, -0.25) is 10.1 Å². The number of benzene rings is 2. The van der Waals surface area contributed by atoms with Gasteiger partial charge in [0, 0.05) is 12.1 Å². The Hall–Kier alpha value is -2.73. The standard InChI is InChI=1S/C20H19NO5/c1-19-13-5-8-17(20(19,26-19)15-6-3-2-4-7-15)25-18(22)14-9-11-16(12-10-14)21(23)24/h2-4,6-7,9-12,17H,5,8,13H2,1H3/t17-,19-,20+/m0/s1. The molecule has 6 heteroatoms. The Morgan fingerprint density at radius 1 is 1.19 bits per heavy atom. The highest BCUT2D eigenvalue weighted by atomic mass is 16.7. The van der Waals surface area contributed by atoms with E-state index in [1.54, 1.807) is 0 Å². The normalized spacial score (nSPS) is 29.5. The summed E-state index contributed by atoms with van der Waals surface area (Å²) in [4.78, 5) is 22.8. The molecule has 0 radical (unpaired) electrons. The highest BCUT2D eigenvalue weighted by molar-refractivity contribution is 5.89. The first kappa shape index (κ1) is 16.7. The number of epoxide rings is 1. The lowest BCUT2D eigenvalue weighted by Gasteiger charge is -2.31. The lowest BCUT2D eigenvalue weighted by atomic mass is 9.74. The minimum absolute atomic E-state index is 0.0573. The van der Waals surface area contributed by atoms with E-state index in [4.69, 9.17) is 9.47 Å². The van der Waals surface area contributed by atoms with Gasteiger partial charge in [0.25, 0.3) is 5.69 Å². The molecule has 0 unspecified atom stereocenters. The maximum absolute atomic E-state index is 12.6. The van der Waals surface area contributed by atoms with Crippen LogP contribution in [0.4, 0.5) is 5.69 Å². The van der Waals surface area contributed by atoms with Gasteiger partial charge < -0.3 is 9.47 Å². The Kier molecular flexibility index (Phi) is 3.80. The van der Waals surface area contributed by atoms with E-state index in [1.807, 2.05) is 30.3 Å². The summed E-state index contributed by atoms with van der Waals surface area (Å²) in [6.07, 6.45) is 2.19. The van der Waals surface area contributed by atoms with E-state index >= 15 is 0 Å². The van der Waals surface area contributed by atoms with Crippen molar-refractivity contribution in [3.8, 4) is 0 Å². The Morgan fingerprint density at radius 2 is 1.88 bits per heavy atom. The van der Waals surface area contributed by atoms with Crippen LogP contribution >= 0.6 is 0 Å². The average molecular weight is 353 g/mol. The lowest BCUT2D eigenvalue weighted by molar-refractivity contribution is -0.384. The van der Waals surface area contributed by atoms with Crippen LogP contribution in [-0.4, -0.2) is 22.6 Å². The zero-order valence-electron chi connectivity index (χ0n) is 14.4. The molecule has 6 nitrogen and oxygen atoms in total. The van der Waals surface area contributed by atoms with Gasteiger partial charge in [-0.1, -0.05) is 30.3 Å². The van der Waals surface area contributed by atoms with E-state index in [1.165, 1.54) is 24.3 Å². The van der Waals surface area contributed by atoms with E-state index in [-0.39, 0.29) is 17.4 Å². The number of nitro benzene ring substituents is 1. The number of carbonyl (C=O) groups excluding carboxylic acids is 1. The fourth-order valence-electron chi connectivity index (χ4n) is 4.10. The molecule has 1 saturated carbocycles. The van der Waals surface area contributed by atoms with Crippen molar-refractivity contribution < 1.29 is 19.2 Å². The van der Waals surface area contributed by atoms with Gasteiger partial charge in [-0.05, 0) is 43.9 Å². The molecule has 0 spiro atoms. The number of nitrogens with zero attached hydrogens (tertiary/aromatic N) is 1. The minimum atomic E-state index is -0.608. The predicted octanol–water partition coefficient (Wildman–Crippen LogP) is 3.99. The van der Waals surface area contributed by atoms with Crippen molar-refractivity contribution in [1.82, 2.24) is 0 Å². The fourth-order valence-corrected chi connectivity index (χ4v) is 4.10. The molecule has 1 aliphatic carbocycles. The van der Waals surface area contributed by atoms with Crippen LogP contribution in [0.15, 0.2) is 54.6 Å². The van der Waals surface area contributed by atoms with Crippen LogP contribution in [0.25, 0.3) is 0 Å². The summed E-state index contributed by atoms with van der Waals surface area (Å²) < 4.78 is 12.0. The molecule has 4 rings (SSSR count). The Balaban J connectivity index is 1.58. The van der Waals surface area contributed by atoms with E-state index < -0.39 is 16.5 Å². The van der Waals surface area contributed by atoms with Gasteiger partial charge in [-0.2, -0.15) is 0 Å². The zero-order valence-corrected chi connectivity index (χ0v) is 14.4. The first-order valence-corrected chi connectivity index (χ1v) is 8.67. The second kappa shape index (κ2) is 5.92. The third kappa shape index (κ3) is 2.49. The highest BCUT2D eigenvalue weighted by Crippen LogP contribution is 2.64. The number of carbonyl (C=O) groups is 1. The average Bonchev–Trinajstić information content (AvgIpc) is 3.31. The molecule has 1 aliphatic heterocycles. The van der Waals surface area contributed by atoms with E-state index in [9.17, 15) is 14.9 Å². The maximum Gasteiger partial charge on any atom is 0.338 e. The molecule has 2 fully saturated rings. The Morgan fingerprint density at radius 3 is 2.54 bits per heavy atom. The molecule has 3 atom stereocenters. The summed E-state index contributed by atoms with van der Waals surface area (Å²) in [7, 11) is 0. The second-order valence-corrected chi connectivity index (χ2v) is 7.02. The topological polar surface area (TPSA) is 82.0 Å². The number of hydrogen-bond acceptors (Lipinski definition) is 5. The van der Waals surface area contributed by atoms with Crippen molar-refractivity contribution in [3.63, 3.8) is 0 Å². The summed E-state index contributed by atoms with van der Waals surface area (Å²) in [6, 6.07) is 15.3. The van der Waals surface area contributed by atoms with Gasteiger partial charge in [0.2, 0.25) is 0 Å². The number of esters is 1. The predicted molar refractivity (Wildman–Crippen MR) is 93.8 cm³/mol. The molecule has 0 aromatic heterocycles. The van der Waals surface area contributed by atoms with Crippen molar-refractivity contribution >= 4 is 11.7 Å². The van der Waals surface area contributed by atoms with E-state index in [0.717, 1.165) is 24.8 Å². The van der Waals surface area contributed by atoms with Crippen LogP contribution in [0.5, 0.6) is 0 Å². The minimum Gasteiger partial charge on any atom is -0.455 e. The summed E-state index contributed by atoms with van der Waals surface area (Å²) in [5.41, 5.74) is 0.323. The summed E-state index contributed by atoms with van der Waals surface area (Å²) in [6.45, 7) is 2.06. The van der Waals surface area contributed by atoms with Crippen molar-refractivity contribution in [1.29, 1.82) is 0 Å². The van der Waals surface area contributed by atoms with Crippen LogP contribution in [0, 0.1) is 10.1 Å². The van der Waals surface area contributed by atoms with Gasteiger partial charge in [-0.15, -0.1) is 0 Å². The second-order valence-electron chi connectivity index (χ2n) is 7.02. The summed E-state index contributed by atoms with van der Waals surface area (Å²) in [5, 5.41) is 10.8. The molecule has 0 bridgehead atoms. The van der Waals surface area contributed by atoms with Crippen LogP contribution in [0.1, 0.15) is 42.1 Å². The number of hydrogen-bond donors (Lipinski definition) is 0. The molecule has 1 heterocycles. The molecule has 0 N–H and O–H groups in total. The number of rotatable bonds is 4. The zero-order chi connectivity index (χ0) is 18.4. The van der Waals surface area contributed by atoms with Gasteiger partial charge in [0.1, 0.15) is 11.7 Å². The van der Waals surface area contributed by atoms with Gasteiger partial charge >= 0.3 is 5.97 Å². The van der Waals surface area contributed by atoms with Crippen molar-refractivity contribution in [3.05, 3.63) is 75.8 Å². The van der Waals surface area contributed by atoms with Gasteiger partial charge in [0.15, 0.2) is 5.60 Å². The van der Waals surface area contributed by atoms with Crippen molar-refractivity contribution in [2.75, 3.05) is 0 Å². The first-order valence-electron chi connectivity index (χ1n) is 8.67. The van der Waals surface area contributed by atoms with Crippen LogP contribution in [0.2, 0.25) is 0 Å². The monoisotopic (exact) mass is 353 g/mol. The largest absolute Gasteiger partial charge is 0.455 e. The quantitative estimate of drug-likeness (QED) is 0.359. The molecule has 2 aromatic rings. The van der Waals surface area contributed by atoms with Crippen LogP contribution in [0.3, 0.4) is 0 Å². The third-order valence-electron chi connectivity index (χ3n) is 5.47. The molecule has 0 amide bonds. The first-order chi connectivity index (χ1) is 12.5. The summed E-state index contributed by atoms with van der Waals surface area (Å²) in [5.74, 6) is -0.486. The fraction of sp³-hybridized carbons (Fsp3) is 0.350. The highest BCUT2D eigenvalue weighted by Gasteiger charge is 2.74. The molecule has 2 aliphatic rings. The smallest absolute Gasteiger partial charge is 0.338 e. The summed E-state index contributed by atoms with van der Waals surface area (Å²) >= 11 is 0. The molecule has 134 valence electrons. The number of fused-ring (bicyclic) bond motifs is 1. The van der Waals surface area contributed by atoms with Crippen LogP contribution in [-0.2, 0) is 15.1 Å². The molecule has 26 heavy (non-hydrogen) atoms. The number of nitro groups is 1. The number of non-ortho nitro benzene ring substituents is 1. The van der Waals surface area contributed by atoms with Gasteiger partial charge in [0.05, 0.1) is 10.5 Å². The number of ether oxygens (including phenoxy) is 2. The van der Waals surface area contributed by atoms with E-state index in [0.29, 0.717) is 5.56 Å². The molecule has 2 aromatic carbocycles. The Bertz CT molecular complexity index is 850. The third-order valence-corrected chi connectivity index (χ3v) is 5.47. The Labute approximate surface area is 150 Å². The molecular formula is C20H19NO5. The van der Waals surface area contributed by atoms with Crippen LogP contribution < -0.4 is 0 Å². The van der Waals surface area contributed by atoms with Crippen molar-refractivity contribution in [2.24, 2.45) is 0 Å². The molecule has 1 saturated heterocycles. The maximum atomic E-state index is 12.6.